The number of sulfonamides is 1. The molecule has 1 saturated heterocycles. The lowest BCUT2D eigenvalue weighted by atomic mass is 9.93. The minimum atomic E-state index is -3.32. The largest absolute Gasteiger partial charge is 0.381 e. The van der Waals surface area contributed by atoms with Gasteiger partial charge in [0.05, 0.1) is 11.9 Å². The van der Waals surface area contributed by atoms with E-state index in [4.69, 9.17) is 4.74 Å². The minimum Gasteiger partial charge on any atom is -0.381 e. The molecule has 3 rings (SSSR count). The van der Waals surface area contributed by atoms with E-state index >= 15 is 0 Å². The Morgan fingerprint density at radius 1 is 1.29 bits per heavy atom. The highest BCUT2D eigenvalue weighted by Crippen LogP contribution is 2.28. The third-order valence-corrected chi connectivity index (χ3v) is 6.18. The fourth-order valence-corrected chi connectivity index (χ4v) is 4.83. The van der Waals surface area contributed by atoms with Crippen molar-refractivity contribution in [2.75, 3.05) is 13.2 Å². The monoisotopic (exact) mass is 313 g/mol. The van der Waals surface area contributed by atoms with Gasteiger partial charge < -0.3 is 4.74 Å². The Morgan fingerprint density at radius 3 is 2.81 bits per heavy atom. The van der Waals surface area contributed by atoms with Crippen molar-refractivity contribution in [2.24, 2.45) is 5.92 Å². The molecule has 0 bridgehead atoms. The lowest BCUT2D eigenvalue weighted by Gasteiger charge is -2.31. The van der Waals surface area contributed by atoms with Gasteiger partial charge in [0.15, 0.2) is 0 Å². The molecule has 1 N–H and O–H groups in total. The Balaban J connectivity index is 1.74. The number of benzene rings is 1. The Kier molecular flexibility index (Phi) is 4.28. The Morgan fingerprint density at radius 2 is 2.10 bits per heavy atom. The molecule has 0 unspecified atom stereocenters. The van der Waals surface area contributed by atoms with E-state index in [1.54, 1.807) is 6.07 Å². The number of rotatable bonds is 5. The summed E-state index contributed by atoms with van der Waals surface area (Å²) in [5.74, 6) is -0.420. The zero-order valence-corrected chi connectivity index (χ0v) is 12.6. The summed E-state index contributed by atoms with van der Waals surface area (Å²) >= 11 is 0. The van der Waals surface area contributed by atoms with E-state index < -0.39 is 15.3 Å². The second-order valence-corrected chi connectivity index (χ2v) is 7.86. The highest BCUT2D eigenvalue weighted by atomic mass is 32.2. The van der Waals surface area contributed by atoms with Crippen molar-refractivity contribution in [1.29, 1.82) is 0 Å². The highest BCUT2D eigenvalue weighted by molar-refractivity contribution is 7.90. The SMILES string of the molecule is O=S(=O)(NC1CC1)[C@H]1CCOC[C@H]1Cc1cccc(F)c1. The second-order valence-electron chi connectivity index (χ2n) is 5.93. The van der Waals surface area contributed by atoms with Crippen molar-refractivity contribution in [3.05, 3.63) is 35.6 Å². The Labute approximate surface area is 124 Å². The Hall–Kier alpha value is -0.980. The first-order chi connectivity index (χ1) is 10.0. The molecule has 1 aliphatic carbocycles. The van der Waals surface area contributed by atoms with Crippen molar-refractivity contribution < 1.29 is 17.5 Å². The lowest BCUT2D eigenvalue weighted by molar-refractivity contribution is 0.0570. The first-order valence-electron chi connectivity index (χ1n) is 7.38. The van der Waals surface area contributed by atoms with E-state index in [0.29, 0.717) is 26.1 Å². The zero-order valence-electron chi connectivity index (χ0n) is 11.8. The third kappa shape index (κ3) is 3.81. The van der Waals surface area contributed by atoms with Crippen LogP contribution in [0.2, 0.25) is 0 Å². The molecule has 1 aromatic carbocycles. The number of ether oxygens (including phenoxy) is 1. The van der Waals surface area contributed by atoms with Crippen LogP contribution in [0.5, 0.6) is 0 Å². The molecule has 4 nitrogen and oxygen atoms in total. The van der Waals surface area contributed by atoms with Crippen LogP contribution in [0, 0.1) is 11.7 Å². The fourth-order valence-electron chi connectivity index (χ4n) is 2.86. The molecule has 1 saturated carbocycles. The number of hydrogen-bond donors (Lipinski definition) is 1. The van der Waals surface area contributed by atoms with Gasteiger partial charge in [0.2, 0.25) is 10.0 Å². The molecular weight excluding hydrogens is 293 g/mol. The van der Waals surface area contributed by atoms with Crippen LogP contribution in [-0.2, 0) is 21.2 Å². The van der Waals surface area contributed by atoms with Gasteiger partial charge in [-0.1, -0.05) is 12.1 Å². The van der Waals surface area contributed by atoms with E-state index in [9.17, 15) is 12.8 Å². The molecule has 116 valence electrons. The maximum absolute atomic E-state index is 13.3. The number of halogens is 1. The maximum Gasteiger partial charge on any atom is 0.215 e. The smallest absolute Gasteiger partial charge is 0.215 e. The molecule has 2 aliphatic rings. The van der Waals surface area contributed by atoms with E-state index in [0.717, 1.165) is 18.4 Å². The van der Waals surface area contributed by atoms with E-state index in [1.165, 1.54) is 12.1 Å². The summed E-state index contributed by atoms with van der Waals surface area (Å²) in [5, 5.41) is -0.449. The molecule has 0 amide bonds. The van der Waals surface area contributed by atoms with Gasteiger partial charge in [-0.25, -0.2) is 17.5 Å². The average Bonchev–Trinajstić information content (AvgIpc) is 3.22. The molecule has 0 spiro atoms. The van der Waals surface area contributed by atoms with Gasteiger partial charge in [0, 0.05) is 18.6 Å². The standard InChI is InChI=1S/C15H20FNO3S/c16-13-3-1-2-11(9-13)8-12-10-20-7-6-15(12)21(18,19)17-14-4-5-14/h1-3,9,12,14-15,17H,4-8,10H2/t12-,15+/m1/s1. The first-order valence-corrected chi connectivity index (χ1v) is 8.92. The highest BCUT2D eigenvalue weighted by Gasteiger charge is 2.39. The van der Waals surface area contributed by atoms with Crippen molar-refractivity contribution >= 4 is 10.0 Å². The van der Waals surface area contributed by atoms with Gasteiger partial charge in [-0.15, -0.1) is 0 Å². The van der Waals surface area contributed by atoms with Crippen LogP contribution >= 0.6 is 0 Å². The molecule has 1 aromatic rings. The summed E-state index contributed by atoms with van der Waals surface area (Å²) < 4.78 is 46.4. The molecule has 1 aliphatic heterocycles. The number of nitrogens with one attached hydrogen (secondary N) is 1. The van der Waals surface area contributed by atoms with Gasteiger partial charge in [-0.05, 0) is 43.4 Å². The summed E-state index contributed by atoms with van der Waals surface area (Å²) in [5.41, 5.74) is 0.817. The molecule has 21 heavy (non-hydrogen) atoms. The van der Waals surface area contributed by atoms with Crippen molar-refractivity contribution in [3.63, 3.8) is 0 Å². The zero-order chi connectivity index (χ0) is 14.9. The molecular formula is C15H20FNO3S. The van der Waals surface area contributed by atoms with Crippen LogP contribution in [0.4, 0.5) is 4.39 Å². The van der Waals surface area contributed by atoms with Crippen LogP contribution in [-0.4, -0.2) is 32.9 Å². The molecule has 1 heterocycles. The van der Waals surface area contributed by atoms with Crippen molar-refractivity contribution in [3.8, 4) is 0 Å². The quantitative estimate of drug-likeness (QED) is 0.902. The van der Waals surface area contributed by atoms with Crippen LogP contribution in [0.3, 0.4) is 0 Å². The minimum absolute atomic E-state index is 0.118. The Bertz CT molecular complexity index is 601. The van der Waals surface area contributed by atoms with Crippen LogP contribution in [0.15, 0.2) is 24.3 Å². The summed E-state index contributed by atoms with van der Waals surface area (Å²) in [6.07, 6.45) is 2.88. The van der Waals surface area contributed by atoms with Gasteiger partial charge in [-0.2, -0.15) is 0 Å². The van der Waals surface area contributed by atoms with Crippen LogP contribution in [0.1, 0.15) is 24.8 Å². The fraction of sp³-hybridized carbons (Fsp3) is 0.600. The first kappa shape index (κ1) is 14.9. The van der Waals surface area contributed by atoms with Gasteiger partial charge in [0.25, 0.3) is 0 Å². The van der Waals surface area contributed by atoms with Gasteiger partial charge in [-0.3, -0.25) is 0 Å². The summed E-state index contributed by atoms with van der Waals surface area (Å²) in [6, 6.07) is 6.46. The third-order valence-electron chi connectivity index (χ3n) is 4.10. The predicted octanol–water partition coefficient (Wildman–Crippen LogP) is 1.86. The normalized spacial score (nSPS) is 26.7. The van der Waals surface area contributed by atoms with Gasteiger partial charge >= 0.3 is 0 Å². The van der Waals surface area contributed by atoms with Crippen molar-refractivity contribution in [2.45, 2.75) is 37.0 Å². The van der Waals surface area contributed by atoms with Gasteiger partial charge in [0.1, 0.15) is 5.82 Å². The summed E-state index contributed by atoms with van der Waals surface area (Å²) in [6.45, 7) is 0.878. The average molecular weight is 313 g/mol. The molecule has 2 atom stereocenters. The van der Waals surface area contributed by atoms with E-state index in [2.05, 4.69) is 4.72 Å². The molecule has 6 heteroatoms. The maximum atomic E-state index is 13.3. The van der Waals surface area contributed by atoms with E-state index in [-0.39, 0.29) is 17.8 Å². The number of hydrogen-bond acceptors (Lipinski definition) is 3. The van der Waals surface area contributed by atoms with E-state index in [1.807, 2.05) is 6.07 Å². The predicted molar refractivity (Wildman–Crippen MR) is 77.9 cm³/mol. The topological polar surface area (TPSA) is 55.4 Å². The second kappa shape index (κ2) is 6.02. The van der Waals surface area contributed by atoms with Crippen LogP contribution < -0.4 is 4.72 Å². The molecule has 0 aromatic heterocycles. The summed E-state index contributed by atoms with van der Waals surface area (Å²) in [4.78, 5) is 0. The molecule has 2 fully saturated rings. The lowest BCUT2D eigenvalue weighted by Crippen LogP contribution is -2.45. The molecule has 0 radical (unpaired) electrons. The van der Waals surface area contributed by atoms with Crippen LogP contribution in [0.25, 0.3) is 0 Å². The van der Waals surface area contributed by atoms with Crippen molar-refractivity contribution in [1.82, 2.24) is 4.72 Å². The summed E-state index contributed by atoms with van der Waals surface area (Å²) in [7, 11) is -3.32.